The molecule has 11 heteroatoms. The number of hydrogen-bond acceptors (Lipinski definition) is 8. The molecular formula is C23H27N3O7S. The van der Waals surface area contributed by atoms with E-state index in [-0.39, 0.29) is 10.5 Å². The zero-order chi connectivity index (χ0) is 24.3. The molecule has 1 N–H and O–H groups in total. The lowest BCUT2D eigenvalue weighted by Gasteiger charge is -2.31. The fraction of sp³-hybridized carbons (Fsp3) is 0.391. The van der Waals surface area contributed by atoms with Crippen LogP contribution in [0.3, 0.4) is 0 Å². The number of amides is 2. The van der Waals surface area contributed by atoms with Crippen LogP contribution in [0.1, 0.15) is 24.2 Å². The molecule has 2 aliphatic heterocycles. The lowest BCUT2D eigenvalue weighted by atomic mass is 10.2. The molecule has 2 aliphatic rings. The summed E-state index contributed by atoms with van der Waals surface area (Å²) >= 11 is 0. The number of fused-ring (bicyclic) bond motifs is 1. The molecule has 0 aliphatic carbocycles. The first-order valence-electron chi connectivity index (χ1n) is 11.1. The van der Waals surface area contributed by atoms with Crippen molar-refractivity contribution in [1.29, 1.82) is 0 Å². The summed E-state index contributed by atoms with van der Waals surface area (Å²) in [5.74, 6) is -0.430. The van der Waals surface area contributed by atoms with E-state index >= 15 is 0 Å². The molecule has 0 bridgehead atoms. The Morgan fingerprint density at radius 3 is 2.41 bits per heavy atom. The van der Waals surface area contributed by atoms with Crippen LogP contribution in [0, 0.1) is 0 Å². The number of sulfonamides is 1. The average Bonchev–Trinajstić information content (AvgIpc) is 3.02. The van der Waals surface area contributed by atoms with Gasteiger partial charge >= 0.3 is 0 Å². The third-order valence-electron chi connectivity index (χ3n) is 5.49. The van der Waals surface area contributed by atoms with E-state index in [9.17, 15) is 18.0 Å². The van der Waals surface area contributed by atoms with Crippen molar-refractivity contribution in [2.75, 3.05) is 56.3 Å². The molecule has 2 aromatic carbocycles. The predicted molar refractivity (Wildman–Crippen MR) is 125 cm³/mol. The van der Waals surface area contributed by atoms with Crippen molar-refractivity contribution in [3.63, 3.8) is 0 Å². The van der Waals surface area contributed by atoms with Gasteiger partial charge in [0.15, 0.2) is 0 Å². The fourth-order valence-electron chi connectivity index (χ4n) is 3.95. The number of rotatable bonds is 8. The summed E-state index contributed by atoms with van der Waals surface area (Å²) in [6.07, 6.45) is 0. The molecule has 2 aromatic rings. The third kappa shape index (κ3) is 4.53. The highest BCUT2D eigenvalue weighted by Gasteiger charge is 2.41. The standard InChI is InChI=1S/C23H27N3O7S/c1-3-32-19-14-18(25-9-11-31-12-10-25)20(33-4-2)13-17(19)24-22(27)15-26-23(28)16-7-5-6-8-21(16)34(26,29)30/h5-8,13-14H,3-4,9-12,15H2,1-2H3,(H,24,27). The van der Waals surface area contributed by atoms with Gasteiger partial charge in [-0.25, -0.2) is 12.7 Å². The maximum Gasteiger partial charge on any atom is 0.269 e. The first-order valence-corrected chi connectivity index (χ1v) is 12.5. The Morgan fingerprint density at radius 1 is 1.06 bits per heavy atom. The Morgan fingerprint density at radius 2 is 1.74 bits per heavy atom. The lowest BCUT2D eigenvalue weighted by Crippen LogP contribution is -2.37. The molecule has 10 nitrogen and oxygen atoms in total. The van der Waals surface area contributed by atoms with Gasteiger partial charge in [-0.3, -0.25) is 9.59 Å². The lowest BCUT2D eigenvalue weighted by molar-refractivity contribution is -0.116. The van der Waals surface area contributed by atoms with E-state index in [0.29, 0.717) is 61.0 Å². The smallest absolute Gasteiger partial charge is 0.269 e. The number of carbonyl (C=O) groups excluding carboxylic acids is 2. The van der Waals surface area contributed by atoms with Gasteiger partial charge in [0.1, 0.15) is 22.9 Å². The van der Waals surface area contributed by atoms with Crippen LogP contribution in [0.15, 0.2) is 41.3 Å². The van der Waals surface area contributed by atoms with Gasteiger partial charge in [-0.1, -0.05) is 12.1 Å². The van der Waals surface area contributed by atoms with Crippen molar-refractivity contribution in [2.24, 2.45) is 0 Å². The number of ether oxygens (including phenoxy) is 3. The molecule has 0 atom stereocenters. The summed E-state index contributed by atoms with van der Waals surface area (Å²) in [7, 11) is -4.09. The monoisotopic (exact) mass is 489 g/mol. The summed E-state index contributed by atoms with van der Waals surface area (Å²) < 4.78 is 43.1. The van der Waals surface area contributed by atoms with Crippen molar-refractivity contribution in [1.82, 2.24) is 4.31 Å². The largest absolute Gasteiger partial charge is 0.492 e. The molecule has 0 radical (unpaired) electrons. The minimum Gasteiger partial charge on any atom is -0.492 e. The second-order valence-electron chi connectivity index (χ2n) is 7.64. The van der Waals surface area contributed by atoms with Gasteiger partial charge in [0.25, 0.3) is 15.9 Å². The molecule has 0 saturated carbocycles. The van der Waals surface area contributed by atoms with Gasteiger partial charge in [-0.15, -0.1) is 0 Å². The maximum atomic E-state index is 12.9. The average molecular weight is 490 g/mol. The second-order valence-corrected chi connectivity index (χ2v) is 9.47. The van der Waals surface area contributed by atoms with Gasteiger partial charge in [0, 0.05) is 25.2 Å². The van der Waals surface area contributed by atoms with Gasteiger partial charge in [-0.05, 0) is 26.0 Å². The molecule has 34 heavy (non-hydrogen) atoms. The van der Waals surface area contributed by atoms with Gasteiger partial charge in [0.05, 0.1) is 43.4 Å². The first kappa shape index (κ1) is 23.8. The van der Waals surface area contributed by atoms with E-state index in [1.165, 1.54) is 18.2 Å². The summed E-state index contributed by atoms with van der Waals surface area (Å²) in [5.41, 5.74) is 1.20. The number of nitrogens with zero attached hydrogens (tertiary/aromatic N) is 2. The number of morpholine rings is 1. The van der Waals surface area contributed by atoms with Crippen LogP contribution in [0.2, 0.25) is 0 Å². The molecule has 0 unspecified atom stereocenters. The minimum absolute atomic E-state index is 0.0544. The SMILES string of the molecule is CCOc1cc(N2CCOCC2)c(OCC)cc1NC(=O)CN1C(=O)c2ccccc2S1(=O)=O. The van der Waals surface area contributed by atoms with Crippen molar-refractivity contribution < 1.29 is 32.2 Å². The summed E-state index contributed by atoms with van der Waals surface area (Å²) in [6.45, 7) is 6.35. The van der Waals surface area contributed by atoms with Crippen LogP contribution < -0.4 is 19.7 Å². The maximum absolute atomic E-state index is 12.9. The Balaban J connectivity index is 1.59. The topological polar surface area (TPSA) is 114 Å². The minimum atomic E-state index is -4.09. The van der Waals surface area contributed by atoms with E-state index < -0.39 is 28.4 Å². The van der Waals surface area contributed by atoms with Gasteiger partial charge < -0.3 is 24.4 Å². The van der Waals surface area contributed by atoms with Crippen molar-refractivity contribution in [3.05, 3.63) is 42.0 Å². The molecule has 0 spiro atoms. The number of hydrogen-bond donors (Lipinski definition) is 1. The van der Waals surface area contributed by atoms with Crippen molar-refractivity contribution >= 4 is 33.2 Å². The van der Waals surface area contributed by atoms with Gasteiger partial charge in [-0.2, -0.15) is 0 Å². The molecule has 1 fully saturated rings. The Hall–Kier alpha value is -3.31. The molecule has 2 amide bonds. The number of anilines is 2. The number of nitrogens with one attached hydrogen (secondary N) is 1. The molecule has 4 rings (SSSR count). The van der Waals surface area contributed by atoms with Crippen LogP contribution in [0.25, 0.3) is 0 Å². The van der Waals surface area contributed by atoms with Crippen LogP contribution in [0.5, 0.6) is 11.5 Å². The molecule has 0 aromatic heterocycles. The summed E-state index contributed by atoms with van der Waals surface area (Å²) in [6, 6.07) is 9.35. The van der Waals surface area contributed by atoms with Crippen molar-refractivity contribution in [2.45, 2.75) is 18.7 Å². The summed E-state index contributed by atoms with van der Waals surface area (Å²) in [5, 5.41) is 2.69. The van der Waals surface area contributed by atoms with Crippen LogP contribution >= 0.6 is 0 Å². The molecule has 182 valence electrons. The normalized spacial score (nSPS) is 16.8. The van der Waals surface area contributed by atoms with Gasteiger partial charge in [0.2, 0.25) is 5.91 Å². The highest BCUT2D eigenvalue weighted by atomic mass is 32.2. The zero-order valence-corrected chi connectivity index (χ0v) is 19.9. The third-order valence-corrected chi connectivity index (χ3v) is 7.27. The molecule has 2 heterocycles. The Bertz CT molecular complexity index is 1190. The van der Waals surface area contributed by atoms with Crippen molar-refractivity contribution in [3.8, 4) is 11.5 Å². The number of carbonyl (C=O) groups is 2. The fourth-order valence-corrected chi connectivity index (χ4v) is 5.48. The van der Waals surface area contributed by atoms with E-state index in [2.05, 4.69) is 10.2 Å². The Kier molecular flexibility index (Phi) is 6.94. The first-order chi connectivity index (χ1) is 16.4. The Labute approximate surface area is 198 Å². The second kappa shape index (κ2) is 9.90. The quantitative estimate of drug-likeness (QED) is 0.600. The highest BCUT2D eigenvalue weighted by molar-refractivity contribution is 7.90. The summed E-state index contributed by atoms with van der Waals surface area (Å²) in [4.78, 5) is 27.5. The molecule has 1 saturated heterocycles. The predicted octanol–water partition coefficient (Wildman–Crippen LogP) is 2.10. The van der Waals surface area contributed by atoms with Crippen LogP contribution in [-0.2, 0) is 19.6 Å². The van der Waals surface area contributed by atoms with Crippen LogP contribution in [0.4, 0.5) is 11.4 Å². The van der Waals surface area contributed by atoms with E-state index in [4.69, 9.17) is 14.2 Å². The highest BCUT2D eigenvalue weighted by Crippen LogP contribution is 2.39. The van der Waals surface area contributed by atoms with E-state index in [1.807, 2.05) is 13.8 Å². The van der Waals surface area contributed by atoms with Crippen LogP contribution in [-0.4, -0.2) is 70.6 Å². The van der Waals surface area contributed by atoms with E-state index in [1.54, 1.807) is 18.2 Å². The number of benzene rings is 2. The zero-order valence-electron chi connectivity index (χ0n) is 19.1. The van der Waals surface area contributed by atoms with E-state index in [0.717, 1.165) is 5.69 Å². The molecular weight excluding hydrogens is 462 g/mol.